The highest BCUT2D eigenvalue weighted by Crippen LogP contribution is 2.02. The van der Waals surface area contributed by atoms with Gasteiger partial charge in [0.15, 0.2) is 0 Å². The minimum absolute atomic E-state index is 1.07. The SMILES string of the molecule is C(=Cc1ccccc1)CN1CCCNCC1. The van der Waals surface area contributed by atoms with E-state index in [-0.39, 0.29) is 0 Å². The van der Waals surface area contributed by atoms with Crippen LogP contribution in [0.15, 0.2) is 36.4 Å². The topological polar surface area (TPSA) is 15.3 Å². The standard InChI is InChI=1S/C14H20N2/c1-2-6-14(7-3-1)8-4-11-16-12-5-9-15-10-13-16/h1-4,6-8,15H,5,9-13H2. The van der Waals surface area contributed by atoms with Gasteiger partial charge in [0.05, 0.1) is 0 Å². The molecule has 1 aliphatic heterocycles. The predicted molar refractivity (Wildman–Crippen MR) is 69.4 cm³/mol. The van der Waals surface area contributed by atoms with Crippen molar-refractivity contribution in [2.45, 2.75) is 6.42 Å². The van der Waals surface area contributed by atoms with Crippen molar-refractivity contribution in [1.82, 2.24) is 10.2 Å². The molecule has 16 heavy (non-hydrogen) atoms. The lowest BCUT2D eigenvalue weighted by atomic mass is 10.2. The lowest BCUT2D eigenvalue weighted by molar-refractivity contribution is 0.324. The lowest BCUT2D eigenvalue weighted by Gasteiger charge is -2.16. The molecule has 0 spiro atoms. The van der Waals surface area contributed by atoms with Crippen LogP contribution in [0.4, 0.5) is 0 Å². The fourth-order valence-electron chi connectivity index (χ4n) is 1.99. The first-order valence-electron chi connectivity index (χ1n) is 6.10. The molecule has 0 saturated carbocycles. The summed E-state index contributed by atoms with van der Waals surface area (Å²) in [6, 6.07) is 10.5. The summed E-state index contributed by atoms with van der Waals surface area (Å²) in [5.41, 5.74) is 1.29. The maximum Gasteiger partial charge on any atom is 0.0167 e. The van der Waals surface area contributed by atoms with Crippen LogP contribution in [0.5, 0.6) is 0 Å². The summed E-state index contributed by atoms with van der Waals surface area (Å²) in [7, 11) is 0. The van der Waals surface area contributed by atoms with Gasteiger partial charge in [0, 0.05) is 19.6 Å². The molecule has 1 aliphatic rings. The van der Waals surface area contributed by atoms with Crippen LogP contribution in [0.1, 0.15) is 12.0 Å². The smallest absolute Gasteiger partial charge is 0.0167 e. The van der Waals surface area contributed by atoms with Gasteiger partial charge in [-0.1, -0.05) is 42.5 Å². The first kappa shape index (κ1) is 11.4. The van der Waals surface area contributed by atoms with E-state index in [0.717, 1.165) is 13.1 Å². The van der Waals surface area contributed by atoms with Gasteiger partial charge in [0.1, 0.15) is 0 Å². The average Bonchev–Trinajstić information content (AvgIpc) is 2.59. The summed E-state index contributed by atoms with van der Waals surface area (Å²) in [6.07, 6.45) is 5.73. The number of hydrogen-bond donors (Lipinski definition) is 1. The lowest BCUT2D eigenvalue weighted by Crippen LogP contribution is -2.28. The predicted octanol–water partition coefficient (Wildman–Crippen LogP) is 2.00. The Morgan fingerprint density at radius 3 is 2.88 bits per heavy atom. The van der Waals surface area contributed by atoms with E-state index >= 15 is 0 Å². The first-order valence-corrected chi connectivity index (χ1v) is 6.10. The van der Waals surface area contributed by atoms with Gasteiger partial charge in [-0.15, -0.1) is 0 Å². The van der Waals surface area contributed by atoms with E-state index in [4.69, 9.17) is 0 Å². The van der Waals surface area contributed by atoms with Crippen molar-refractivity contribution in [1.29, 1.82) is 0 Å². The number of rotatable bonds is 3. The third kappa shape index (κ3) is 3.80. The minimum atomic E-state index is 1.07. The number of nitrogens with zero attached hydrogens (tertiary/aromatic N) is 1. The average molecular weight is 216 g/mol. The summed E-state index contributed by atoms with van der Waals surface area (Å²) in [5.74, 6) is 0. The molecule has 0 bridgehead atoms. The van der Waals surface area contributed by atoms with Crippen LogP contribution in [-0.2, 0) is 0 Å². The van der Waals surface area contributed by atoms with Gasteiger partial charge >= 0.3 is 0 Å². The highest BCUT2D eigenvalue weighted by molar-refractivity contribution is 5.48. The monoisotopic (exact) mass is 216 g/mol. The Balaban J connectivity index is 1.79. The maximum atomic E-state index is 3.42. The normalized spacial score (nSPS) is 18.8. The van der Waals surface area contributed by atoms with Crippen LogP contribution in [0.25, 0.3) is 6.08 Å². The largest absolute Gasteiger partial charge is 0.315 e. The number of hydrogen-bond acceptors (Lipinski definition) is 2. The Bertz CT molecular complexity index is 311. The molecule has 0 aliphatic carbocycles. The molecular formula is C14H20N2. The summed E-state index contributed by atoms with van der Waals surface area (Å²) in [4.78, 5) is 2.50. The fraction of sp³-hybridized carbons (Fsp3) is 0.429. The van der Waals surface area contributed by atoms with Crippen molar-refractivity contribution < 1.29 is 0 Å². The molecule has 86 valence electrons. The third-order valence-corrected chi connectivity index (χ3v) is 2.91. The Hall–Kier alpha value is -1.12. The van der Waals surface area contributed by atoms with Gasteiger partial charge in [-0.25, -0.2) is 0 Å². The summed E-state index contributed by atoms with van der Waals surface area (Å²) < 4.78 is 0. The molecule has 0 aromatic heterocycles. The molecule has 1 fully saturated rings. The van der Waals surface area contributed by atoms with Crippen LogP contribution in [-0.4, -0.2) is 37.6 Å². The van der Waals surface area contributed by atoms with Crippen molar-refractivity contribution in [3.63, 3.8) is 0 Å². The van der Waals surface area contributed by atoms with Crippen molar-refractivity contribution in [3.05, 3.63) is 42.0 Å². The second kappa shape index (κ2) is 6.46. The Labute approximate surface area is 98.0 Å². The van der Waals surface area contributed by atoms with Crippen LogP contribution >= 0.6 is 0 Å². The highest BCUT2D eigenvalue weighted by atomic mass is 15.1. The van der Waals surface area contributed by atoms with E-state index in [1.165, 1.54) is 31.6 Å². The molecule has 0 unspecified atom stereocenters. The molecule has 2 nitrogen and oxygen atoms in total. The molecule has 1 N–H and O–H groups in total. The Kier molecular flexibility index (Phi) is 4.59. The van der Waals surface area contributed by atoms with Crippen molar-refractivity contribution in [2.24, 2.45) is 0 Å². The molecule has 0 amide bonds. The third-order valence-electron chi connectivity index (χ3n) is 2.91. The van der Waals surface area contributed by atoms with Gasteiger partial charge in [-0.05, 0) is 25.1 Å². The molecule has 0 atom stereocenters. The number of nitrogens with one attached hydrogen (secondary N) is 1. The van der Waals surface area contributed by atoms with Gasteiger partial charge in [0.25, 0.3) is 0 Å². The van der Waals surface area contributed by atoms with Crippen LogP contribution in [0.2, 0.25) is 0 Å². The van der Waals surface area contributed by atoms with E-state index in [1.54, 1.807) is 0 Å². The summed E-state index contributed by atoms with van der Waals surface area (Å²) in [5, 5.41) is 3.42. The molecule has 1 saturated heterocycles. The van der Waals surface area contributed by atoms with Gasteiger partial charge in [0.2, 0.25) is 0 Å². The molecular weight excluding hydrogens is 196 g/mol. The van der Waals surface area contributed by atoms with Crippen LogP contribution < -0.4 is 5.32 Å². The van der Waals surface area contributed by atoms with Crippen molar-refractivity contribution in [2.75, 3.05) is 32.7 Å². The zero-order valence-electron chi connectivity index (χ0n) is 9.73. The maximum absolute atomic E-state index is 3.42. The second-order valence-electron chi connectivity index (χ2n) is 4.22. The van der Waals surface area contributed by atoms with Crippen LogP contribution in [0, 0.1) is 0 Å². The molecule has 0 radical (unpaired) electrons. The summed E-state index contributed by atoms with van der Waals surface area (Å²) in [6.45, 7) is 5.74. The minimum Gasteiger partial charge on any atom is -0.315 e. The van der Waals surface area contributed by atoms with E-state index in [1.807, 2.05) is 0 Å². The Morgan fingerprint density at radius 1 is 1.12 bits per heavy atom. The zero-order valence-corrected chi connectivity index (χ0v) is 9.73. The quantitative estimate of drug-likeness (QED) is 0.831. The number of benzene rings is 1. The van der Waals surface area contributed by atoms with Gasteiger partial charge in [-0.3, -0.25) is 4.90 Å². The van der Waals surface area contributed by atoms with Crippen molar-refractivity contribution in [3.8, 4) is 0 Å². The van der Waals surface area contributed by atoms with Gasteiger partial charge in [-0.2, -0.15) is 0 Å². The molecule has 2 heteroatoms. The molecule has 1 aromatic carbocycles. The molecule has 1 heterocycles. The second-order valence-corrected chi connectivity index (χ2v) is 4.22. The molecule has 2 rings (SSSR count). The van der Waals surface area contributed by atoms with E-state index < -0.39 is 0 Å². The fourth-order valence-corrected chi connectivity index (χ4v) is 1.99. The van der Waals surface area contributed by atoms with E-state index in [0.29, 0.717) is 0 Å². The van der Waals surface area contributed by atoms with Gasteiger partial charge < -0.3 is 5.32 Å². The summed E-state index contributed by atoms with van der Waals surface area (Å²) >= 11 is 0. The van der Waals surface area contributed by atoms with E-state index in [2.05, 4.69) is 52.7 Å². The van der Waals surface area contributed by atoms with E-state index in [9.17, 15) is 0 Å². The van der Waals surface area contributed by atoms with Crippen molar-refractivity contribution >= 4 is 6.08 Å². The Morgan fingerprint density at radius 2 is 2.00 bits per heavy atom. The molecule has 1 aromatic rings. The zero-order chi connectivity index (χ0) is 11.1. The highest BCUT2D eigenvalue weighted by Gasteiger charge is 2.05. The first-order chi connectivity index (χ1) is 7.95. The van der Waals surface area contributed by atoms with Crippen LogP contribution in [0.3, 0.4) is 0 Å².